The Morgan fingerprint density at radius 3 is 2.55 bits per heavy atom. The molecule has 0 saturated carbocycles. The largest absolute Gasteiger partial charge is 0.385 e. The van der Waals surface area contributed by atoms with Crippen LogP contribution >= 0.6 is 0 Å². The normalized spacial score (nSPS) is 10.9. The lowest BCUT2D eigenvalue weighted by Crippen LogP contribution is -2.08. The Bertz CT molecular complexity index is 711. The summed E-state index contributed by atoms with van der Waals surface area (Å²) in [5.74, 6) is 1.12. The lowest BCUT2D eigenvalue weighted by molar-refractivity contribution is 0.808. The van der Waals surface area contributed by atoms with Crippen LogP contribution in [0, 0.1) is 6.92 Å². The minimum Gasteiger partial charge on any atom is -0.385 e. The van der Waals surface area contributed by atoms with E-state index in [2.05, 4.69) is 71.3 Å². The lowest BCUT2D eigenvalue weighted by Gasteiger charge is -2.07. The zero-order chi connectivity index (χ0) is 13.9. The van der Waals surface area contributed by atoms with Gasteiger partial charge in [-0.15, -0.1) is 0 Å². The smallest absolute Gasteiger partial charge is 0.111 e. The summed E-state index contributed by atoms with van der Waals surface area (Å²) >= 11 is 0. The Kier molecular flexibility index (Phi) is 3.42. The van der Waals surface area contributed by atoms with Crippen molar-refractivity contribution in [3.63, 3.8) is 0 Å². The Morgan fingerprint density at radius 2 is 1.80 bits per heavy atom. The van der Waals surface area contributed by atoms with Crippen molar-refractivity contribution in [3.05, 3.63) is 59.9 Å². The van der Waals surface area contributed by atoms with E-state index in [9.17, 15) is 0 Å². The van der Waals surface area contributed by atoms with E-state index >= 15 is 0 Å². The minimum absolute atomic E-state index is 0.889. The molecule has 3 rings (SSSR count). The molecule has 102 valence electrons. The second-order valence-electron chi connectivity index (χ2n) is 5.12. The summed E-state index contributed by atoms with van der Waals surface area (Å²) in [5, 5.41) is 3.44. The molecule has 0 aliphatic carbocycles. The SMILES string of the molecule is Cc1ccc(NCCc2nc3ccccc3n2C)cc1. The maximum atomic E-state index is 4.68. The van der Waals surface area contributed by atoms with E-state index in [0.29, 0.717) is 0 Å². The fourth-order valence-electron chi connectivity index (χ4n) is 2.41. The minimum atomic E-state index is 0.889. The number of aromatic nitrogens is 2. The second kappa shape index (κ2) is 5.37. The average Bonchev–Trinajstić information content (AvgIpc) is 2.78. The standard InChI is InChI=1S/C17H19N3/c1-13-7-9-14(10-8-13)18-12-11-17-19-15-5-3-4-6-16(15)20(17)2/h3-10,18H,11-12H2,1-2H3. The van der Waals surface area contributed by atoms with Gasteiger partial charge in [0.1, 0.15) is 5.82 Å². The molecule has 0 aliphatic rings. The number of imidazole rings is 1. The van der Waals surface area contributed by atoms with Crippen LogP contribution in [0.1, 0.15) is 11.4 Å². The second-order valence-corrected chi connectivity index (χ2v) is 5.12. The zero-order valence-corrected chi connectivity index (χ0v) is 11.9. The molecule has 3 aromatic rings. The number of anilines is 1. The van der Waals surface area contributed by atoms with Gasteiger partial charge in [0, 0.05) is 25.7 Å². The monoisotopic (exact) mass is 265 g/mol. The molecule has 3 heteroatoms. The molecule has 1 N–H and O–H groups in total. The molecule has 0 aliphatic heterocycles. The van der Waals surface area contributed by atoms with Gasteiger partial charge in [-0.1, -0.05) is 29.8 Å². The lowest BCUT2D eigenvalue weighted by atomic mass is 10.2. The molecule has 0 amide bonds. The Hall–Kier alpha value is -2.29. The maximum Gasteiger partial charge on any atom is 0.111 e. The fourth-order valence-corrected chi connectivity index (χ4v) is 2.41. The first-order valence-corrected chi connectivity index (χ1v) is 6.95. The summed E-state index contributed by atoms with van der Waals surface area (Å²) < 4.78 is 2.17. The molecular weight excluding hydrogens is 246 g/mol. The van der Waals surface area contributed by atoms with Crippen molar-refractivity contribution in [1.82, 2.24) is 9.55 Å². The molecule has 20 heavy (non-hydrogen) atoms. The molecule has 0 fully saturated rings. The van der Waals surface area contributed by atoms with Crippen LogP contribution < -0.4 is 5.32 Å². The fraction of sp³-hybridized carbons (Fsp3) is 0.235. The van der Waals surface area contributed by atoms with Crippen molar-refractivity contribution in [1.29, 1.82) is 0 Å². The third-order valence-electron chi connectivity index (χ3n) is 3.61. The number of benzene rings is 2. The summed E-state index contributed by atoms with van der Waals surface area (Å²) in [6, 6.07) is 16.7. The van der Waals surface area contributed by atoms with Crippen molar-refractivity contribution in [3.8, 4) is 0 Å². The third kappa shape index (κ3) is 2.52. The van der Waals surface area contributed by atoms with Gasteiger partial charge in [0.05, 0.1) is 11.0 Å². The van der Waals surface area contributed by atoms with Gasteiger partial charge in [0.25, 0.3) is 0 Å². The van der Waals surface area contributed by atoms with Gasteiger partial charge in [0.2, 0.25) is 0 Å². The molecule has 0 unspecified atom stereocenters. The summed E-state index contributed by atoms with van der Waals surface area (Å²) in [7, 11) is 2.08. The summed E-state index contributed by atoms with van der Waals surface area (Å²) in [5.41, 5.74) is 4.71. The molecule has 1 aromatic heterocycles. The van der Waals surface area contributed by atoms with Gasteiger partial charge in [-0.05, 0) is 31.2 Å². The number of hydrogen-bond acceptors (Lipinski definition) is 2. The average molecular weight is 265 g/mol. The van der Waals surface area contributed by atoms with E-state index in [0.717, 1.165) is 30.0 Å². The molecule has 0 spiro atoms. The number of hydrogen-bond donors (Lipinski definition) is 1. The summed E-state index contributed by atoms with van der Waals surface area (Å²) in [6.07, 6.45) is 0.916. The highest BCUT2D eigenvalue weighted by Crippen LogP contribution is 2.15. The first-order valence-electron chi connectivity index (χ1n) is 6.95. The van der Waals surface area contributed by atoms with Crippen LogP contribution in [0.5, 0.6) is 0 Å². The molecule has 1 heterocycles. The van der Waals surface area contributed by atoms with Crippen LogP contribution in [0.15, 0.2) is 48.5 Å². The van der Waals surface area contributed by atoms with Crippen molar-refractivity contribution in [2.24, 2.45) is 7.05 Å². The van der Waals surface area contributed by atoms with Crippen LogP contribution in [0.3, 0.4) is 0 Å². The predicted molar refractivity (Wildman–Crippen MR) is 84.1 cm³/mol. The van der Waals surface area contributed by atoms with Gasteiger partial charge in [-0.25, -0.2) is 4.98 Å². The Labute approximate surface area is 119 Å². The van der Waals surface area contributed by atoms with Crippen LogP contribution in [-0.4, -0.2) is 16.1 Å². The highest BCUT2D eigenvalue weighted by atomic mass is 15.1. The molecule has 0 radical (unpaired) electrons. The number of nitrogens with one attached hydrogen (secondary N) is 1. The van der Waals surface area contributed by atoms with Gasteiger partial charge in [0.15, 0.2) is 0 Å². The molecule has 0 atom stereocenters. The molecule has 0 bridgehead atoms. The number of aryl methyl sites for hydroxylation is 2. The van der Waals surface area contributed by atoms with Gasteiger partial charge in [-0.3, -0.25) is 0 Å². The van der Waals surface area contributed by atoms with Gasteiger partial charge in [-0.2, -0.15) is 0 Å². The van der Waals surface area contributed by atoms with Crippen molar-refractivity contribution < 1.29 is 0 Å². The van der Waals surface area contributed by atoms with Crippen LogP contribution in [-0.2, 0) is 13.5 Å². The molecule has 3 nitrogen and oxygen atoms in total. The number of fused-ring (bicyclic) bond motifs is 1. The number of nitrogens with zero attached hydrogens (tertiary/aromatic N) is 2. The van der Waals surface area contributed by atoms with Gasteiger partial charge < -0.3 is 9.88 Å². The van der Waals surface area contributed by atoms with E-state index in [-0.39, 0.29) is 0 Å². The highest BCUT2D eigenvalue weighted by molar-refractivity contribution is 5.75. The third-order valence-corrected chi connectivity index (χ3v) is 3.61. The van der Waals surface area contributed by atoms with Crippen molar-refractivity contribution >= 4 is 16.7 Å². The number of para-hydroxylation sites is 2. The van der Waals surface area contributed by atoms with Crippen LogP contribution in [0.2, 0.25) is 0 Å². The first kappa shape index (κ1) is 12.7. The van der Waals surface area contributed by atoms with Gasteiger partial charge >= 0.3 is 0 Å². The first-order chi connectivity index (χ1) is 9.74. The van der Waals surface area contributed by atoms with Crippen LogP contribution in [0.25, 0.3) is 11.0 Å². The summed E-state index contributed by atoms with van der Waals surface area (Å²) in [6.45, 7) is 2.99. The predicted octanol–water partition coefficient (Wildman–Crippen LogP) is 3.54. The van der Waals surface area contributed by atoms with E-state index in [1.807, 2.05) is 6.07 Å². The highest BCUT2D eigenvalue weighted by Gasteiger charge is 2.06. The van der Waals surface area contributed by atoms with Crippen molar-refractivity contribution in [2.75, 3.05) is 11.9 Å². The van der Waals surface area contributed by atoms with E-state index < -0.39 is 0 Å². The number of rotatable bonds is 4. The quantitative estimate of drug-likeness (QED) is 0.782. The maximum absolute atomic E-state index is 4.68. The van der Waals surface area contributed by atoms with E-state index in [1.54, 1.807) is 0 Å². The molecule has 2 aromatic carbocycles. The Balaban J connectivity index is 1.68. The van der Waals surface area contributed by atoms with E-state index in [1.165, 1.54) is 11.1 Å². The van der Waals surface area contributed by atoms with Crippen LogP contribution in [0.4, 0.5) is 5.69 Å². The summed E-state index contributed by atoms with van der Waals surface area (Å²) in [4.78, 5) is 4.68. The molecule has 0 saturated heterocycles. The topological polar surface area (TPSA) is 29.9 Å². The van der Waals surface area contributed by atoms with Crippen molar-refractivity contribution in [2.45, 2.75) is 13.3 Å². The Morgan fingerprint density at radius 1 is 1.05 bits per heavy atom. The zero-order valence-electron chi connectivity index (χ0n) is 11.9. The van der Waals surface area contributed by atoms with E-state index in [4.69, 9.17) is 0 Å². The molecular formula is C17H19N3.